The second-order valence-electron chi connectivity index (χ2n) is 8.94. The van der Waals surface area contributed by atoms with Crippen molar-refractivity contribution in [3.8, 4) is 0 Å². The van der Waals surface area contributed by atoms with Crippen LogP contribution in [0.5, 0.6) is 0 Å². The first-order chi connectivity index (χ1) is 16.8. The molecule has 1 saturated heterocycles. The largest absolute Gasteiger partial charge is 0.480 e. The molecule has 0 saturated carbocycles. The van der Waals surface area contributed by atoms with Gasteiger partial charge >= 0.3 is 7.12 Å². The lowest BCUT2D eigenvalue weighted by atomic mass is 9.73. The summed E-state index contributed by atoms with van der Waals surface area (Å²) >= 11 is 6.85. The van der Waals surface area contributed by atoms with E-state index in [4.69, 9.17) is 9.31 Å². The van der Waals surface area contributed by atoms with E-state index in [1.165, 1.54) is 0 Å². The first kappa shape index (κ1) is 27.9. The maximum absolute atomic E-state index is 13.6. The van der Waals surface area contributed by atoms with Gasteiger partial charge in [0.1, 0.15) is 6.04 Å². The predicted octanol–water partition coefficient (Wildman–Crippen LogP) is 3.75. The third-order valence-corrected chi connectivity index (χ3v) is 6.77. The number of carbonyl (C=O) groups excluding carboxylic acids is 2. The Morgan fingerprint density at radius 3 is 2.37 bits per heavy atom. The third-order valence-electron chi connectivity index (χ3n) is 5.58. The molecule has 0 aromatic heterocycles. The second kappa shape index (κ2) is 14.1. The predicted molar refractivity (Wildman–Crippen MR) is 145 cm³/mol. The van der Waals surface area contributed by atoms with Gasteiger partial charge in [-0.15, -0.1) is 0 Å². The van der Waals surface area contributed by atoms with Gasteiger partial charge in [0.2, 0.25) is 5.91 Å². The molecule has 0 unspecified atom stereocenters. The molecule has 2 amide bonds. The molecule has 1 fully saturated rings. The van der Waals surface area contributed by atoms with E-state index in [1.54, 1.807) is 12.1 Å². The minimum atomic E-state index is -0.777. The molecule has 188 valence electrons. The Kier molecular flexibility index (Phi) is 11.3. The van der Waals surface area contributed by atoms with Crippen LogP contribution in [-0.2, 0) is 20.5 Å². The summed E-state index contributed by atoms with van der Waals surface area (Å²) in [4.78, 5) is 26.8. The average Bonchev–Trinajstić information content (AvgIpc) is 2.80. The highest BCUT2D eigenvalue weighted by Crippen LogP contribution is 2.22. The van der Waals surface area contributed by atoms with Crippen LogP contribution >= 0.6 is 31.9 Å². The first-order valence-electron chi connectivity index (χ1n) is 11.9. The van der Waals surface area contributed by atoms with Crippen molar-refractivity contribution in [2.24, 2.45) is 5.92 Å². The number of amides is 2. The van der Waals surface area contributed by atoms with Crippen molar-refractivity contribution >= 4 is 50.8 Å². The molecule has 2 atom stereocenters. The van der Waals surface area contributed by atoms with E-state index in [0.29, 0.717) is 42.0 Å². The maximum atomic E-state index is 13.6. The fourth-order valence-electron chi connectivity index (χ4n) is 3.90. The number of carbonyl (C=O) groups is 2. The highest BCUT2D eigenvalue weighted by atomic mass is 79.9. The van der Waals surface area contributed by atoms with Crippen LogP contribution in [0.3, 0.4) is 0 Å². The lowest BCUT2D eigenvalue weighted by Crippen LogP contribution is -2.57. The quantitative estimate of drug-likeness (QED) is 0.378. The summed E-state index contributed by atoms with van der Waals surface area (Å²) < 4.78 is 13.3. The number of benzene rings is 2. The van der Waals surface area contributed by atoms with Crippen LogP contribution in [0.2, 0.25) is 0 Å². The van der Waals surface area contributed by atoms with Crippen LogP contribution in [0.4, 0.5) is 0 Å². The van der Waals surface area contributed by atoms with E-state index in [1.807, 2.05) is 36.4 Å². The monoisotopic (exact) mass is 607 g/mol. The van der Waals surface area contributed by atoms with E-state index in [-0.39, 0.29) is 17.8 Å². The fraction of sp³-hybridized carbons (Fsp3) is 0.440. The van der Waals surface area contributed by atoms with E-state index in [2.05, 4.69) is 61.7 Å². The minimum absolute atomic E-state index is 0.272. The molecule has 35 heavy (non-hydrogen) atoms. The number of hydrogen-bond acceptors (Lipinski definition) is 5. The summed E-state index contributed by atoms with van der Waals surface area (Å²) in [7, 11) is -0.546. The Morgan fingerprint density at radius 1 is 1.03 bits per heavy atom. The molecule has 2 aromatic rings. The van der Waals surface area contributed by atoms with Crippen molar-refractivity contribution in [1.82, 2.24) is 16.0 Å². The zero-order valence-corrected chi connectivity index (χ0v) is 23.2. The van der Waals surface area contributed by atoms with Gasteiger partial charge in [-0.05, 0) is 52.0 Å². The summed E-state index contributed by atoms with van der Waals surface area (Å²) in [5.74, 6) is -0.630. The van der Waals surface area contributed by atoms with Crippen molar-refractivity contribution < 1.29 is 18.9 Å². The SMILES string of the molecule is CC(C)C[C@H](NC(=O)[C@H](Cc1ccccc1)NC(=O)c1cc(Br)ccc1Br)B1OCCNCCO1. The number of nitrogens with one attached hydrogen (secondary N) is 3. The fourth-order valence-corrected chi connectivity index (χ4v) is 4.68. The Morgan fingerprint density at radius 2 is 1.71 bits per heavy atom. The van der Waals surface area contributed by atoms with Crippen LogP contribution in [0.25, 0.3) is 0 Å². The maximum Gasteiger partial charge on any atom is 0.480 e. The van der Waals surface area contributed by atoms with E-state index in [9.17, 15) is 9.59 Å². The summed E-state index contributed by atoms with van der Waals surface area (Å²) in [5, 5.41) is 9.29. The molecule has 2 aromatic carbocycles. The van der Waals surface area contributed by atoms with Crippen LogP contribution in [0.1, 0.15) is 36.2 Å². The Bertz CT molecular complexity index is 972. The summed E-state index contributed by atoms with van der Waals surface area (Å²) in [6, 6.07) is 14.2. The molecule has 1 aliphatic heterocycles. The normalized spacial score (nSPS) is 16.2. The van der Waals surface area contributed by atoms with E-state index in [0.717, 1.165) is 23.1 Å². The number of halogens is 2. The Balaban J connectivity index is 1.80. The standard InChI is InChI=1S/C25H32BBr2N3O4/c1-17(2)14-23(26-34-12-10-29-11-13-35-26)31-25(33)22(15-18-6-4-3-5-7-18)30-24(32)20-16-19(27)8-9-21(20)28/h3-9,16-17,22-23,29H,10-15H2,1-2H3,(H,30,32)(H,31,33)/t22-,23-/m0/s1. The molecule has 0 aliphatic carbocycles. The van der Waals surface area contributed by atoms with Gasteiger partial charge < -0.3 is 25.3 Å². The molecular formula is C25H32BBr2N3O4. The summed E-state index contributed by atoms with van der Waals surface area (Å²) in [6.07, 6.45) is 1.04. The van der Waals surface area contributed by atoms with Crippen molar-refractivity contribution in [2.75, 3.05) is 26.3 Å². The Labute approximate surface area is 224 Å². The zero-order valence-electron chi connectivity index (χ0n) is 20.1. The highest BCUT2D eigenvalue weighted by molar-refractivity contribution is 9.11. The van der Waals surface area contributed by atoms with Crippen LogP contribution in [-0.4, -0.2) is 57.2 Å². The second-order valence-corrected chi connectivity index (χ2v) is 10.7. The zero-order chi connectivity index (χ0) is 25.2. The van der Waals surface area contributed by atoms with Gasteiger partial charge in [0.05, 0.1) is 11.5 Å². The van der Waals surface area contributed by atoms with Gasteiger partial charge in [-0.25, -0.2) is 0 Å². The molecule has 10 heteroatoms. The third kappa shape index (κ3) is 9.02. The molecule has 0 spiro atoms. The van der Waals surface area contributed by atoms with Gasteiger partial charge in [0.15, 0.2) is 0 Å². The van der Waals surface area contributed by atoms with Gasteiger partial charge in [-0.1, -0.05) is 60.1 Å². The number of hydrogen-bond donors (Lipinski definition) is 3. The molecule has 7 nitrogen and oxygen atoms in total. The van der Waals surface area contributed by atoms with E-state index < -0.39 is 13.2 Å². The van der Waals surface area contributed by atoms with Gasteiger partial charge in [-0.2, -0.15) is 0 Å². The van der Waals surface area contributed by atoms with Gasteiger partial charge in [0, 0.05) is 41.7 Å². The molecule has 1 heterocycles. The lowest BCUT2D eigenvalue weighted by Gasteiger charge is -2.29. The first-order valence-corrected chi connectivity index (χ1v) is 13.5. The van der Waals surface area contributed by atoms with Crippen LogP contribution in [0.15, 0.2) is 57.5 Å². The van der Waals surface area contributed by atoms with Crippen molar-refractivity contribution in [3.63, 3.8) is 0 Å². The average molecular weight is 609 g/mol. The minimum Gasteiger partial charge on any atom is -0.408 e. The summed E-state index contributed by atoms with van der Waals surface area (Å²) in [6.45, 7) is 6.65. The van der Waals surface area contributed by atoms with Crippen LogP contribution in [0, 0.1) is 5.92 Å². The van der Waals surface area contributed by atoms with E-state index >= 15 is 0 Å². The highest BCUT2D eigenvalue weighted by Gasteiger charge is 2.35. The van der Waals surface area contributed by atoms with Crippen molar-refractivity contribution in [2.45, 2.75) is 38.7 Å². The van der Waals surface area contributed by atoms with Gasteiger partial charge in [0.25, 0.3) is 5.91 Å². The molecule has 0 bridgehead atoms. The van der Waals surface area contributed by atoms with Crippen molar-refractivity contribution in [1.29, 1.82) is 0 Å². The molecule has 3 rings (SSSR count). The summed E-state index contributed by atoms with van der Waals surface area (Å²) in [5.41, 5.74) is 1.40. The topological polar surface area (TPSA) is 88.7 Å². The molecule has 3 N–H and O–H groups in total. The van der Waals surface area contributed by atoms with Crippen LogP contribution < -0.4 is 16.0 Å². The Hall–Kier alpha value is -1.72. The van der Waals surface area contributed by atoms with Gasteiger partial charge in [-0.3, -0.25) is 9.59 Å². The van der Waals surface area contributed by atoms with Crippen molar-refractivity contribution in [3.05, 3.63) is 68.6 Å². The smallest absolute Gasteiger partial charge is 0.408 e. The molecule has 0 radical (unpaired) electrons. The lowest BCUT2D eigenvalue weighted by molar-refractivity contribution is -0.123. The molecular weight excluding hydrogens is 577 g/mol. The number of rotatable bonds is 9. The molecule has 1 aliphatic rings.